The maximum absolute atomic E-state index is 14.8. The number of halogens is 2. The number of hydrogen-bond acceptors (Lipinski definition) is 2. The van der Waals surface area contributed by atoms with Gasteiger partial charge in [-0.15, -0.1) is 0 Å². The molecule has 2 aromatic rings. The van der Waals surface area contributed by atoms with Gasteiger partial charge in [-0.25, -0.2) is 18.5 Å². The predicted octanol–water partition coefficient (Wildman–Crippen LogP) is 3.93. The van der Waals surface area contributed by atoms with Crippen LogP contribution in [0, 0.1) is 29.4 Å². The molecule has 2 fully saturated rings. The van der Waals surface area contributed by atoms with Crippen molar-refractivity contribution < 1.29 is 18.4 Å². The molecule has 2 unspecified atom stereocenters. The third-order valence-electron chi connectivity index (χ3n) is 5.37. The monoisotopic (exact) mass is 380 g/mol. The SMILES string of the molecule is CN1C(=O)N(c2c(F)cc(C#Cc3ccccc3)cc2F)C(=O)C2CCCC21. The van der Waals surface area contributed by atoms with Crippen LogP contribution in [0.5, 0.6) is 0 Å². The Morgan fingerprint density at radius 3 is 2.29 bits per heavy atom. The largest absolute Gasteiger partial charge is 0.331 e. The van der Waals surface area contributed by atoms with Gasteiger partial charge in [0.2, 0.25) is 5.91 Å². The lowest BCUT2D eigenvalue weighted by Gasteiger charge is -2.40. The van der Waals surface area contributed by atoms with Gasteiger partial charge in [-0.2, -0.15) is 0 Å². The van der Waals surface area contributed by atoms with E-state index in [1.165, 1.54) is 4.90 Å². The highest BCUT2D eigenvalue weighted by Crippen LogP contribution is 2.38. The summed E-state index contributed by atoms with van der Waals surface area (Å²) in [6.07, 6.45) is 2.15. The summed E-state index contributed by atoms with van der Waals surface area (Å²) >= 11 is 0. The van der Waals surface area contributed by atoms with Gasteiger partial charge in [-0.3, -0.25) is 4.79 Å². The quantitative estimate of drug-likeness (QED) is 0.704. The number of benzene rings is 2. The smallest absolute Gasteiger partial charge is 0.323 e. The molecule has 2 aliphatic rings. The van der Waals surface area contributed by atoms with E-state index in [1.54, 1.807) is 19.2 Å². The first-order valence-electron chi connectivity index (χ1n) is 9.14. The number of anilines is 1. The minimum Gasteiger partial charge on any atom is -0.323 e. The van der Waals surface area contributed by atoms with Gasteiger partial charge in [-0.05, 0) is 37.1 Å². The number of fused-ring (bicyclic) bond motifs is 1. The minimum absolute atomic E-state index is 0.131. The van der Waals surface area contributed by atoms with Gasteiger partial charge in [0.25, 0.3) is 0 Å². The summed E-state index contributed by atoms with van der Waals surface area (Å²) in [5, 5.41) is 0. The molecule has 4 nitrogen and oxygen atoms in total. The lowest BCUT2D eigenvalue weighted by atomic mass is 9.97. The summed E-state index contributed by atoms with van der Waals surface area (Å²) in [6, 6.07) is 10.2. The van der Waals surface area contributed by atoms with Crippen LogP contribution in [0.3, 0.4) is 0 Å². The highest BCUT2D eigenvalue weighted by atomic mass is 19.1. The lowest BCUT2D eigenvalue weighted by Crippen LogP contribution is -2.59. The van der Waals surface area contributed by atoms with Crippen LogP contribution in [0.2, 0.25) is 0 Å². The zero-order chi connectivity index (χ0) is 19.8. The molecule has 2 aromatic carbocycles. The van der Waals surface area contributed by atoms with Gasteiger partial charge in [0, 0.05) is 24.2 Å². The molecule has 142 valence electrons. The Kier molecular flexibility index (Phi) is 4.60. The highest BCUT2D eigenvalue weighted by Gasteiger charge is 2.48. The zero-order valence-electron chi connectivity index (χ0n) is 15.3. The average molecular weight is 380 g/mol. The Labute approximate surface area is 161 Å². The number of imide groups is 1. The summed E-state index contributed by atoms with van der Waals surface area (Å²) in [7, 11) is 1.57. The Morgan fingerprint density at radius 2 is 1.61 bits per heavy atom. The fraction of sp³-hybridized carbons (Fsp3) is 0.273. The number of carbonyl (C=O) groups excluding carboxylic acids is 2. The van der Waals surface area contributed by atoms with Crippen LogP contribution in [0.25, 0.3) is 0 Å². The molecular weight excluding hydrogens is 362 g/mol. The third-order valence-corrected chi connectivity index (χ3v) is 5.37. The van der Waals surface area contributed by atoms with Gasteiger partial charge < -0.3 is 4.90 Å². The first kappa shape index (κ1) is 18.2. The normalized spacial score (nSPS) is 21.4. The molecule has 1 saturated carbocycles. The molecule has 0 N–H and O–H groups in total. The fourth-order valence-electron chi connectivity index (χ4n) is 3.97. The van der Waals surface area contributed by atoms with Crippen molar-refractivity contribution in [2.24, 2.45) is 5.92 Å². The van der Waals surface area contributed by atoms with Crippen LogP contribution in [-0.4, -0.2) is 29.9 Å². The van der Waals surface area contributed by atoms with Gasteiger partial charge in [0.1, 0.15) is 5.69 Å². The van der Waals surface area contributed by atoms with E-state index in [-0.39, 0.29) is 11.6 Å². The van der Waals surface area contributed by atoms with E-state index in [0.717, 1.165) is 25.0 Å². The van der Waals surface area contributed by atoms with Gasteiger partial charge >= 0.3 is 6.03 Å². The van der Waals surface area contributed by atoms with Crippen molar-refractivity contribution in [2.75, 3.05) is 11.9 Å². The van der Waals surface area contributed by atoms with E-state index in [1.807, 2.05) is 18.2 Å². The van der Waals surface area contributed by atoms with Crippen molar-refractivity contribution in [3.63, 3.8) is 0 Å². The standard InChI is InChI=1S/C22H18F2N2O2/c1-25-19-9-5-8-16(19)21(27)26(22(25)28)20-17(23)12-15(13-18(20)24)11-10-14-6-3-2-4-7-14/h2-4,6-7,12-13,16,19H,5,8-9H2,1H3. The second-order valence-electron chi connectivity index (χ2n) is 7.08. The van der Waals surface area contributed by atoms with Crippen molar-refractivity contribution in [1.82, 2.24) is 4.90 Å². The highest BCUT2D eigenvalue weighted by molar-refractivity contribution is 6.17. The number of urea groups is 1. The van der Waals surface area contributed by atoms with Gasteiger partial charge in [0.05, 0.1) is 5.92 Å². The summed E-state index contributed by atoms with van der Waals surface area (Å²) in [5.41, 5.74) is 0.215. The molecular formula is C22H18F2N2O2. The molecule has 6 heteroatoms. The van der Waals surface area contributed by atoms with Crippen LogP contribution in [0.15, 0.2) is 42.5 Å². The Morgan fingerprint density at radius 1 is 0.964 bits per heavy atom. The van der Waals surface area contributed by atoms with E-state index in [2.05, 4.69) is 11.8 Å². The van der Waals surface area contributed by atoms with E-state index in [4.69, 9.17) is 0 Å². The average Bonchev–Trinajstić information content (AvgIpc) is 3.18. The van der Waals surface area contributed by atoms with Crippen molar-refractivity contribution in [2.45, 2.75) is 25.3 Å². The number of carbonyl (C=O) groups is 2. The fourth-order valence-corrected chi connectivity index (χ4v) is 3.97. The van der Waals surface area contributed by atoms with Crippen LogP contribution >= 0.6 is 0 Å². The molecule has 0 aromatic heterocycles. The Bertz CT molecular complexity index is 987. The predicted molar refractivity (Wildman–Crippen MR) is 101 cm³/mol. The summed E-state index contributed by atoms with van der Waals surface area (Å²) in [5.74, 6) is 2.62. The van der Waals surface area contributed by atoms with Crippen molar-refractivity contribution in [1.29, 1.82) is 0 Å². The molecule has 3 amide bonds. The third kappa shape index (κ3) is 3.03. The molecule has 1 aliphatic heterocycles. The minimum atomic E-state index is -0.982. The number of hydrogen-bond donors (Lipinski definition) is 0. The van der Waals surface area contributed by atoms with E-state index >= 15 is 0 Å². The summed E-state index contributed by atoms with van der Waals surface area (Å²) < 4.78 is 29.5. The molecule has 28 heavy (non-hydrogen) atoms. The second-order valence-corrected chi connectivity index (χ2v) is 7.08. The van der Waals surface area contributed by atoms with Crippen LogP contribution in [0.4, 0.5) is 19.3 Å². The molecule has 1 aliphatic carbocycles. The lowest BCUT2D eigenvalue weighted by molar-refractivity contribution is -0.124. The molecule has 2 atom stereocenters. The first-order valence-corrected chi connectivity index (χ1v) is 9.14. The maximum Gasteiger partial charge on any atom is 0.331 e. The van der Waals surface area contributed by atoms with Gasteiger partial charge in [0.15, 0.2) is 11.6 Å². The molecule has 4 rings (SSSR count). The van der Waals surface area contributed by atoms with E-state index in [9.17, 15) is 18.4 Å². The summed E-state index contributed by atoms with van der Waals surface area (Å²) in [6.45, 7) is 0. The topological polar surface area (TPSA) is 40.6 Å². The first-order chi connectivity index (χ1) is 13.5. The molecule has 1 saturated heterocycles. The number of nitrogens with zero attached hydrogens (tertiary/aromatic N) is 2. The van der Waals surface area contributed by atoms with Crippen molar-refractivity contribution >= 4 is 17.6 Å². The summed E-state index contributed by atoms with van der Waals surface area (Å²) in [4.78, 5) is 27.5. The van der Waals surface area contributed by atoms with Crippen LogP contribution < -0.4 is 4.90 Å². The number of amides is 3. The van der Waals surface area contributed by atoms with Crippen LogP contribution in [0.1, 0.15) is 30.4 Å². The molecule has 0 radical (unpaired) electrons. The van der Waals surface area contributed by atoms with E-state index in [0.29, 0.717) is 16.9 Å². The molecule has 0 spiro atoms. The van der Waals surface area contributed by atoms with Crippen LogP contribution in [-0.2, 0) is 4.79 Å². The van der Waals surface area contributed by atoms with E-state index < -0.39 is 35.2 Å². The maximum atomic E-state index is 14.8. The second kappa shape index (κ2) is 7.08. The Balaban J connectivity index is 1.70. The van der Waals surface area contributed by atoms with Crippen molar-refractivity contribution in [3.8, 4) is 11.8 Å². The van der Waals surface area contributed by atoms with Gasteiger partial charge in [-0.1, -0.05) is 36.5 Å². The molecule has 0 bridgehead atoms. The Hall–Kier alpha value is -3.20. The van der Waals surface area contributed by atoms with Crippen molar-refractivity contribution in [3.05, 3.63) is 65.2 Å². The molecule has 1 heterocycles. The zero-order valence-corrected chi connectivity index (χ0v) is 15.3. The number of rotatable bonds is 1.